The molecule has 0 aromatic heterocycles. The van der Waals surface area contributed by atoms with Gasteiger partial charge in [0.25, 0.3) is 0 Å². The third kappa shape index (κ3) is 2.13. The van der Waals surface area contributed by atoms with Crippen LogP contribution in [0.1, 0.15) is 40.0 Å². The molecular formula is C17H20O4. The molecule has 3 aliphatic rings. The molecule has 4 heteroatoms. The number of hydrogen-bond acceptors (Lipinski definition) is 4. The molecule has 21 heavy (non-hydrogen) atoms. The number of ether oxygens (including phenoxy) is 2. The molecule has 0 amide bonds. The van der Waals surface area contributed by atoms with E-state index in [1.165, 1.54) is 6.92 Å². The van der Waals surface area contributed by atoms with E-state index >= 15 is 0 Å². The number of rotatable bonds is 1. The van der Waals surface area contributed by atoms with Crippen molar-refractivity contribution in [3.63, 3.8) is 0 Å². The molecule has 0 aromatic carbocycles. The van der Waals surface area contributed by atoms with Crippen LogP contribution in [-0.2, 0) is 19.1 Å². The van der Waals surface area contributed by atoms with E-state index in [-0.39, 0.29) is 29.4 Å². The van der Waals surface area contributed by atoms with Gasteiger partial charge in [-0.2, -0.15) is 0 Å². The smallest absolute Gasteiger partial charge is 0.339 e. The Morgan fingerprint density at radius 3 is 2.90 bits per heavy atom. The molecule has 0 bridgehead atoms. The van der Waals surface area contributed by atoms with Crippen LogP contribution in [-0.4, -0.2) is 18.0 Å². The van der Waals surface area contributed by atoms with E-state index in [4.69, 9.17) is 9.47 Å². The first kappa shape index (κ1) is 14.1. The highest BCUT2D eigenvalue weighted by atomic mass is 16.5. The molecule has 0 spiro atoms. The maximum Gasteiger partial charge on any atom is 0.339 e. The van der Waals surface area contributed by atoms with Crippen LogP contribution in [0, 0.1) is 11.3 Å². The lowest BCUT2D eigenvalue weighted by Gasteiger charge is -2.46. The Kier molecular flexibility index (Phi) is 3.08. The summed E-state index contributed by atoms with van der Waals surface area (Å²) in [5.74, 6) is 0.376. The molecule has 0 unspecified atom stereocenters. The van der Waals surface area contributed by atoms with Gasteiger partial charge < -0.3 is 9.47 Å². The highest BCUT2D eigenvalue weighted by Gasteiger charge is 2.47. The molecule has 3 atom stereocenters. The van der Waals surface area contributed by atoms with Crippen LogP contribution in [0.5, 0.6) is 0 Å². The van der Waals surface area contributed by atoms with Crippen molar-refractivity contribution in [1.29, 1.82) is 0 Å². The zero-order valence-electron chi connectivity index (χ0n) is 12.7. The summed E-state index contributed by atoms with van der Waals surface area (Å²) in [6.45, 7) is 9.58. The second-order valence-electron chi connectivity index (χ2n) is 6.48. The van der Waals surface area contributed by atoms with Crippen LogP contribution in [0.25, 0.3) is 0 Å². The highest BCUT2D eigenvalue weighted by molar-refractivity contribution is 5.94. The van der Waals surface area contributed by atoms with Gasteiger partial charge in [-0.3, -0.25) is 4.79 Å². The van der Waals surface area contributed by atoms with Gasteiger partial charge in [0.15, 0.2) is 0 Å². The van der Waals surface area contributed by atoms with Gasteiger partial charge in [0.1, 0.15) is 11.9 Å². The van der Waals surface area contributed by atoms with E-state index in [2.05, 4.69) is 19.6 Å². The molecule has 1 heterocycles. The minimum atomic E-state index is -0.272. The van der Waals surface area contributed by atoms with Gasteiger partial charge in [-0.15, -0.1) is 0 Å². The van der Waals surface area contributed by atoms with E-state index in [0.717, 1.165) is 36.2 Å². The van der Waals surface area contributed by atoms with Gasteiger partial charge in [0, 0.05) is 18.1 Å². The zero-order chi connectivity index (χ0) is 15.4. The largest absolute Gasteiger partial charge is 0.458 e. The van der Waals surface area contributed by atoms with Gasteiger partial charge in [-0.1, -0.05) is 13.5 Å². The summed E-state index contributed by atoms with van der Waals surface area (Å²) in [5.41, 5.74) is 2.53. The van der Waals surface area contributed by atoms with E-state index in [1.54, 1.807) is 6.92 Å². The Bertz CT molecular complexity index is 610. The molecule has 1 saturated carbocycles. The standard InChI is InChI=1S/C17H20O4/c1-9-12-7-13-10(2)14(20-11(3)18)5-6-17(13,4)8-15(12)21-16(9)19/h8,13-14H,2,5-7H2,1,3-4H3/t13-,14-,17-/m1/s1. The summed E-state index contributed by atoms with van der Waals surface area (Å²) in [6, 6.07) is 0. The van der Waals surface area contributed by atoms with Crippen molar-refractivity contribution >= 4 is 11.9 Å². The number of esters is 2. The van der Waals surface area contributed by atoms with E-state index < -0.39 is 0 Å². The van der Waals surface area contributed by atoms with Crippen molar-refractivity contribution in [3.8, 4) is 0 Å². The van der Waals surface area contributed by atoms with Crippen molar-refractivity contribution in [3.05, 3.63) is 35.1 Å². The van der Waals surface area contributed by atoms with Gasteiger partial charge >= 0.3 is 11.9 Å². The fraction of sp³-hybridized carbons (Fsp3) is 0.529. The van der Waals surface area contributed by atoms with Gasteiger partial charge in [-0.25, -0.2) is 4.79 Å². The van der Waals surface area contributed by atoms with Crippen LogP contribution >= 0.6 is 0 Å². The fourth-order valence-electron chi connectivity index (χ4n) is 3.74. The van der Waals surface area contributed by atoms with E-state index in [1.807, 2.05) is 0 Å². The molecule has 0 N–H and O–H groups in total. The molecule has 0 aromatic rings. The summed E-state index contributed by atoms with van der Waals surface area (Å²) >= 11 is 0. The van der Waals surface area contributed by atoms with Crippen molar-refractivity contribution in [2.75, 3.05) is 0 Å². The Hall–Kier alpha value is -1.84. The van der Waals surface area contributed by atoms with Gasteiger partial charge in [-0.05, 0) is 49.2 Å². The molecule has 0 radical (unpaired) electrons. The quantitative estimate of drug-likeness (QED) is 0.549. The minimum absolute atomic E-state index is 0.0858. The molecule has 4 nitrogen and oxygen atoms in total. The predicted molar refractivity (Wildman–Crippen MR) is 77.0 cm³/mol. The summed E-state index contributed by atoms with van der Waals surface area (Å²) in [7, 11) is 0. The molecular weight excluding hydrogens is 268 g/mol. The van der Waals surface area contributed by atoms with Crippen molar-refractivity contribution < 1.29 is 19.1 Å². The fourth-order valence-corrected chi connectivity index (χ4v) is 3.74. The number of carbonyl (C=O) groups is 2. The minimum Gasteiger partial charge on any atom is -0.458 e. The Morgan fingerprint density at radius 1 is 1.52 bits per heavy atom. The molecule has 112 valence electrons. The molecule has 1 fully saturated rings. The third-order valence-corrected chi connectivity index (χ3v) is 5.04. The third-order valence-electron chi connectivity index (χ3n) is 5.04. The molecule has 1 aliphatic heterocycles. The SMILES string of the molecule is C=C1[C@H]2CC3=C(C)C(=O)OC3=C[C@@]2(C)CC[C@H]1OC(C)=O. The lowest BCUT2D eigenvalue weighted by molar-refractivity contribution is -0.146. The average molecular weight is 288 g/mol. The predicted octanol–water partition coefficient (Wildman–Crippen LogP) is 3.05. The van der Waals surface area contributed by atoms with Crippen LogP contribution < -0.4 is 0 Å². The second kappa shape index (κ2) is 4.58. The van der Waals surface area contributed by atoms with E-state index in [0.29, 0.717) is 5.57 Å². The van der Waals surface area contributed by atoms with Gasteiger partial charge in [0.2, 0.25) is 0 Å². The van der Waals surface area contributed by atoms with E-state index in [9.17, 15) is 9.59 Å². The Morgan fingerprint density at radius 2 is 2.24 bits per heavy atom. The first-order valence-electron chi connectivity index (χ1n) is 7.33. The number of carbonyl (C=O) groups excluding carboxylic acids is 2. The maximum absolute atomic E-state index is 11.7. The zero-order valence-corrected chi connectivity index (χ0v) is 12.7. The van der Waals surface area contributed by atoms with Gasteiger partial charge in [0.05, 0.1) is 0 Å². The lowest BCUT2D eigenvalue weighted by Crippen LogP contribution is -2.41. The first-order chi connectivity index (χ1) is 9.82. The number of hydrogen-bond donors (Lipinski definition) is 0. The monoisotopic (exact) mass is 288 g/mol. The first-order valence-corrected chi connectivity index (χ1v) is 7.33. The molecule has 0 saturated heterocycles. The summed E-state index contributed by atoms with van der Waals surface area (Å²) in [4.78, 5) is 23.0. The molecule has 2 aliphatic carbocycles. The van der Waals surface area contributed by atoms with Crippen molar-refractivity contribution in [1.82, 2.24) is 0 Å². The Balaban J connectivity index is 1.95. The van der Waals surface area contributed by atoms with Crippen molar-refractivity contribution in [2.45, 2.75) is 46.1 Å². The highest BCUT2D eigenvalue weighted by Crippen LogP contribution is 2.54. The van der Waals surface area contributed by atoms with Crippen molar-refractivity contribution in [2.24, 2.45) is 11.3 Å². The Labute approximate surface area is 124 Å². The van der Waals surface area contributed by atoms with Crippen LogP contribution in [0.2, 0.25) is 0 Å². The summed E-state index contributed by atoms with van der Waals surface area (Å²) < 4.78 is 10.7. The lowest BCUT2D eigenvalue weighted by atomic mass is 9.60. The normalized spacial score (nSPS) is 34.9. The van der Waals surface area contributed by atoms with Crippen LogP contribution in [0.4, 0.5) is 0 Å². The number of allylic oxidation sites excluding steroid dienone is 2. The summed E-state index contributed by atoms with van der Waals surface area (Å²) in [6.07, 6.45) is 4.24. The maximum atomic E-state index is 11.7. The van der Waals surface area contributed by atoms with Crippen LogP contribution in [0.15, 0.2) is 35.1 Å². The number of fused-ring (bicyclic) bond motifs is 2. The average Bonchev–Trinajstić information content (AvgIpc) is 2.66. The van der Waals surface area contributed by atoms with Crippen LogP contribution in [0.3, 0.4) is 0 Å². The molecule has 3 rings (SSSR count). The summed E-state index contributed by atoms with van der Waals surface area (Å²) in [5, 5.41) is 0. The second-order valence-corrected chi connectivity index (χ2v) is 6.48. The topological polar surface area (TPSA) is 52.6 Å².